The predicted octanol–water partition coefficient (Wildman–Crippen LogP) is 4.36. The highest BCUT2D eigenvalue weighted by molar-refractivity contribution is 5.82. The lowest BCUT2D eigenvalue weighted by molar-refractivity contribution is -0.155. The maximum Gasteiger partial charge on any atom is 0.348 e. The molecular formula is C23H22N2O4. The fourth-order valence-corrected chi connectivity index (χ4v) is 3.31. The number of ether oxygens (including phenoxy) is 1. The van der Waals surface area contributed by atoms with Crippen molar-refractivity contribution in [3.05, 3.63) is 96.3 Å². The molecule has 29 heavy (non-hydrogen) atoms. The molecule has 0 aliphatic carbocycles. The Bertz CT molecular complexity index is 893. The summed E-state index contributed by atoms with van der Waals surface area (Å²) in [6, 6.07) is 22.2. The Labute approximate surface area is 169 Å². The zero-order valence-electron chi connectivity index (χ0n) is 15.8. The van der Waals surface area contributed by atoms with Crippen molar-refractivity contribution in [1.82, 2.24) is 4.98 Å². The summed E-state index contributed by atoms with van der Waals surface area (Å²) in [5.41, 5.74) is 0.190. The molecular weight excluding hydrogens is 368 g/mol. The molecule has 3 rings (SSSR count). The molecule has 6 nitrogen and oxygen atoms in total. The molecule has 0 saturated carbocycles. The normalized spacial score (nSPS) is 14.2. The number of nitrogens with zero attached hydrogens (tertiary/aromatic N) is 2. The first-order chi connectivity index (χ1) is 14.1. The summed E-state index contributed by atoms with van der Waals surface area (Å²) in [4.78, 5) is 16.6. The smallest absolute Gasteiger partial charge is 0.348 e. The van der Waals surface area contributed by atoms with Crippen LogP contribution in [-0.2, 0) is 4.79 Å². The molecule has 0 fully saturated rings. The van der Waals surface area contributed by atoms with Gasteiger partial charge in [0, 0.05) is 37.4 Å². The molecule has 1 aromatic heterocycles. The minimum atomic E-state index is -1.63. The summed E-state index contributed by atoms with van der Waals surface area (Å²) in [7, 11) is 0. The van der Waals surface area contributed by atoms with Gasteiger partial charge in [-0.3, -0.25) is 4.98 Å². The summed E-state index contributed by atoms with van der Waals surface area (Å²) in [6.07, 6.45) is 4.58. The van der Waals surface area contributed by atoms with E-state index < -0.39 is 11.6 Å². The van der Waals surface area contributed by atoms with E-state index in [4.69, 9.17) is 9.94 Å². The van der Waals surface area contributed by atoms with Crippen molar-refractivity contribution in [2.75, 3.05) is 0 Å². The number of hydrogen-bond acceptors (Lipinski definition) is 5. The minimum absolute atomic E-state index is 0.0999. The minimum Gasteiger partial charge on any atom is -0.478 e. The first-order valence-electron chi connectivity index (χ1n) is 9.23. The van der Waals surface area contributed by atoms with Crippen LogP contribution in [0.3, 0.4) is 0 Å². The maximum absolute atomic E-state index is 12.4. The molecule has 0 aliphatic heterocycles. The third kappa shape index (κ3) is 4.99. The number of benzene rings is 2. The van der Waals surface area contributed by atoms with Crippen molar-refractivity contribution in [2.45, 2.75) is 24.4 Å². The van der Waals surface area contributed by atoms with Crippen LogP contribution in [0.15, 0.2) is 90.3 Å². The van der Waals surface area contributed by atoms with Gasteiger partial charge in [-0.15, -0.1) is 5.16 Å². The molecule has 6 heteroatoms. The summed E-state index contributed by atoms with van der Waals surface area (Å²) in [5, 5.41) is 22.1. The number of aromatic nitrogens is 1. The molecule has 2 unspecified atom stereocenters. The van der Waals surface area contributed by atoms with Gasteiger partial charge in [0.1, 0.15) is 5.75 Å². The fraction of sp³-hybridized carbons (Fsp3) is 0.174. The van der Waals surface area contributed by atoms with Crippen molar-refractivity contribution in [2.24, 2.45) is 5.16 Å². The molecule has 2 N–H and O–H groups in total. The van der Waals surface area contributed by atoms with Crippen molar-refractivity contribution < 1.29 is 19.8 Å². The van der Waals surface area contributed by atoms with Gasteiger partial charge in [-0.1, -0.05) is 54.6 Å². The van der Waals surface area contributed by atoms with Crippen LogP contribution < -0.4 is 4.74 Å². The average Bonchev–Trinajstić information content (AvgIpc) is 2.77. The van der Waals surface area contributed by atoms with Crippen molar-refractivity contribution in [1.29, 1.82) is 0 Å². The zero-order chi connectivity index (χ0) is 20.5. The molecule has 0 aliphatic rings. The van der Waals surface area contributed by atoms with Crippen molar-refractivity contribution in [3.63, 3.8) is 0 Å². The van der Waals surface area contributed by atoms with Crippen LogP contribution in [0.25, 0.3) is 0 Å². The molecule has 0 spiro atoms. The number of aliphatic carboxylic acids is 1. The Morgan fingerprint density at radius 3 is 2.28 bits per heavy atom. The molecule has 0 radical (unpaired) electrons. The third-order valence-electron chi connectivity index (χ3n) is 4.77. The second kappa shape index (κ2) is 9.50. The zero-order valence-corrected chi connectivity index (χ0v) is 15.8. The van der Waals surface area contributed by atoms with E-state index in [2.05, 4.69) is 10.1 Å². The molecule has 148 valence electrons. The van der Waals surface area contributed by atoms with Gasteiger partial charge in [0.2, 0.25) is 5.60 Å². The van der Waals surface area contributed by atoms with Gasteiger partial charge in [-0.05, 0) is 29.3 Å². The second-order valence-corrected chi connectivity index (χ2v) is 6.67. The van der Waals surface area contributed by atoms with E-state index in [1.165, 1.54) is 0 Å². The van der Waals surface area contributed by atoms with E-state index in [1.807, 2.05) is 48.5 Å². The molecule has 0 amide bonds. The lowest BCUT2D eigenvalue weighted by Crippen LogP contribution is -2.46. The number of rotatable bonds is 9. The first kappa shape index (κ1) is 20.1. The Balaban J connectivity index is 2.05. The SMILES string of the molecule is O=C(O)C(CC=NO)(CC(c1ccccc1)c1cccnc1)Oc1ccccc1. The van der Waals surface area contributed by atoms with Crippen LogP contribution in [0, 0.1) is 0 Å². The molecule has 1 heterocycles. The van der Waals surface area contributed by atoms with E-state index in [1.54, 1.807) is 36.7 Å². The van der Waals surface area contributed by atoms with Crippen LogP contribution in [0.4, 0.5) is 0 Å². The van der Waals surface area contributed by atoms with E-state index >= 15 is 0 Å². The molecule has 3 aromatic rings. The average molecular weight is 390 g/mol. The number of carbonyl (C=O) groups is 1. The largest absolute Gasteiger partial charge is 0.478 e. The number of para-hydroxylation sites is 1. The lowest BCUT2D eigenvalue weighted by atomic mass is 9.80. The van der Waals surface area contributed by atoms with Gasteiger partial charge in [0.05, 0.1) is 0 Å². The number of carboxylic acid groups (broad SMARTS) is 1. The quantitative estimate of drug-likeness (QED) is 0.322. The summed E-state index contributed by atoms with van der Waals surface area (Å²) < 4.78 is 6.02. The van der Waals surface area contributed by atoms with Gasteiger partial charge in [-0.25, -0.2) is 4.79 Å². The Morgan fingerprint density at radius 1 is 1.03 bits per heavy atom. The van der Waals surface area contributed by atoms with Crippen molar-refractivity contribution >= 4 is 12.2 Å². The predicted molar refractivity (Wildman–Crippen MR) is 109 cm³/mol. The summed E-state index contributed by atoms with van der Waals surface area (Å²) in [6.45, 7) is 0. The summed E-state index contributed by atoms with van der Waals surface area (Å²) >= 11 is 0. The number of pyridine rings is 1. The van der Waals surface area contributed by atoms with Gasteiger partial charge in [0.15, 0.2) is 0 Å². The molecule has 2 atom stereocenters. The van der Waals surface area contributed by atoms with Crippen molar-refractivity contribution in [3.8, 4) is 5.75 Å². The van der Waals surface area contributed by atoms with Gasteiger partial charge < -0.3 is 15.1 Å². The molecule has 2 aromatic carbocycles. The Hall–Kier alpha value is -3.67. The highest BCUT2D eigenvalue weighted by atomic mass is 16.5. The topological polar surface area (TPSA) is 92.0 Å². The van der Waals surface area contributed by atoms with E-state index in [0.717, 1.165) is 17.3 Å². The van der Waals surface area contributed by atoms with E-state index in [-0.39, 0.29) is 18.8 Å². The van der Waals surface area contributed by atoms with Gasteiger partial charge in [0.25, 0.3) is 0 Å². The van der Waals surface area contributed by atoms with Crippen LogP contribution in [0.2, 0.25) is 0 Å². The third-order valence-corrected chi connectivity index (χ3v) is 4.77. The van der Waals surface area contributed by atoms with Gasteiger partial charge >= 0.3 is 5.97 Å². The number of oxime groups is 1. The number of hydrogen-bond donors (Lipinski definition) is 2. The second-order valence-electron chi connectivity index (χ2n) is 6.67. The highest BCUT2D eigenvalue weighted by Crippen LogP contribution is 2.36. The fourth-order valence-electron chi connectivity index (χ4n) is 3.31. The van der Waals surface area contributed by atoms with Gasteiger partial charge in [-0.2, -0.15) is 0 Å². The highest BCUT2D eigenvalue weighted by Gasteiger charge is 2.43. The van der Waals surface area contributed by atoms with E-state index in [9.17, 15) is 9.90 Å². The van der Waals surface area contributed by atoms with E-state index in [0.29, 0.717) is 5.75 Å². The molecule has 0 bridgehead atoms. The first-order valence-corrected chi connectivity index (χ1v) is 9.23. The number of carboxylic acids is 1. The van der Waals surface area contributed by atoms with Crippen LogP contribution in [-0.4, -0.2) is 33.1 Å². The monoisotopic (exact) mass is 390 g/mol. The Kier molecular flexibility index (Phi) is 6.58. The van der Waals surface area contributed by atoms with Crippen LogP contribution >= 0.6 is 0 Å². The van der Waals surface area contributed by atoms with Crippen LogP contribution in [0.1, 0.15) is 29.9 Å². The van der Waals surface area contributed by atoms with Crippen LogP contribution in [0.5, 0.6) is 5.75 Å². The summed E-state index contributed by atoms with van der Waals surface area (Å²) in [5.74, 6) is -0.984. The molecule has 0 saturated heterocycles. The standard InChI is InChI=1S/C23H22N2O4/c26-22(27)23(13-15-25-28,29-20-11-5-2-6-12-20)16-21(18-8-3-1-4-9-18)19-10-7-14-24-17-19/h1-12,14-15,17,21,28H,13,16H2,(H,26,27). The lowest BCUT2D eigenvalue weighted by Gasteiger charge is -2.33. The maximum atomic E-state index is 12.4. The Morgan fingerprint density at radius 2 is 1.69 bits per heavy atom.